The Balaban J connectivity index is 1.89. The fourth-order valence-electron chi connectivity index (χ4n) is 2.62. The molecule has 0 spiro atoms. The van der Waals surface area contributed by atoms with E-state index in [4.69, 9.17) is 0 Å². The van der Waals surface area contributed by atoms with Crippen LogP contribution in [0.4, 0.5) is 5.82 Å². The number of nitrogens with one attached hydrogen (secondary N) is 1. The summed E-state index contributed by atoms with van der Waals surface area (Å²) in [5, 5.41) is 3.31. The summed E-state index contributed by atoms with van der Waals surface area (Å²) in [6, 6.07) is 13.7. The third kappa shape index (κ3) is 2.30. The van der Waals surface area contributed by atoms with Crippen molar-refractivity contribution >= 4 is 11.7 Å². The molecule has 0 bridgehead atoms. The highest BCUT2D eigenvalue weighted by atomic mass is 16.2. The monoisotopic (exact) mass is 267 g/mol. The zero-order valence-corrected chi connectivity index (χ0v) is 11.4. The standard InChI is InChI=1S/C16H17N3O/c1-19(15-8-4-5-9-18-15)16(20)14-11-17-10-12-6-2-3-7-13(12)14/h2-9,14,17H,10-11H2,1H3. The number of hydrogen-bond acceptors (Lipinski definition) is 3. The molecule has 20 heavy (non-hydrogen) atoms. The molecule has 1 unspecified atom stereocenters. The number of fused-ring (bicyclic) bond motifs is 1. The topological polar surface area (TPSA) is 45.2 Å². The summed E-state index contributed by atoms with van der Waals surface area (Å²) in [5.74, 6) is 0.607. The lowest BCUT2D eigenvalue weighted by Crippen LogP contribution is -2.40. The van der Waals surface area contributed by atoms with Crippen LogP contribution in [0.3, 0.4) is 0 Å². The Kier molecular flexibility index (Phi) is 3.48. The van der Waals surface area contributed by atoms with Gasteiger partial charge in [-0.2, -0.15) is 0 Å². The maximum absolute atomic E-state index is 12.7. The van der Waals surface area contributed by atoms with Crippen molar-refractivity contribution in [1.29, 1.82) is 0 Å². The van der Waals surface area contributed by atoms with Crippen molar-refractivity contribution in [1.82, 2.24) is 10.3 Å². The highest BCUT2D eigenvalue weighted by Crippen LogP contribution is 2.26. The van der Waals surface area contributed by atoms with E-state index in [9.17, 15) is 4.79 Å². The molecular formula is C16H17N3O. The van der Waals surface area contributed by atoms with Gasteiger partial charge in [-0.05, 0) is 23.3 Å². The van der Waals surface area contributed by atoms with E-state index in [1.807, 2.05) is 36.4 Å². The van der Waals surface area contributed by atoms with Gasteiger partial charge in [-0.3, -0.25) is 9.69 Å². The second-order valence-corrected chi connectivity index (χ2v) is 4.97. The van der Waals surface area contributed by atoms with Crippen LogP contribution in [0.5, 0.6) is 0 Å². The fraction of sp³-hybridized carbons (Fsp3) is 0.250. The lowest BCUT2D eigenvalue weighted by atomic mass is 9.90. The molecule has 4 nitrogen and oxygen atoms in total. The van der Waals surface area contributed by atoms with E-state index < -0.39 is 0 Å². The maximum atomic E-state index is 12.7. The van der Waals surface area contributed by atoms with Crippen LogP contribution in [0.2, 0.25) is 0 Å². The minimum Gasteiger partial charge on any atom is -0.312 e. The number of amides is 1. The first kappa shape index (κ1) is 12.8. The van der Waals surface area contributed by atoms with E-state index in [0.29, 0.717) is 12.4 Å². The molecule has 4 heteroatoms. The molecule has 2 heterocycles. The fourth-order valence-corrected chi connectivity index (χ4v) is 2.62. The quantitative estimate of drug-likeness (QED) is 0.904. The molecule has 0 aliphatic carbocycles. The number of aromatic nitrogens is 1. The first-order valence-corrected chi connectivity index (χ1v) is 6.74. The van der Waals surface area contributed by atoms with Crippen molar-refractivity contribution in [3.8, 4) is 0 Å². The summed E-state index contributed by atoms with van der Waals surface area (Å²) in [5.41, 5.74) is 2.32. The minimum atomic E-state index is -0.146. The summed E-state index contributed by atoms with van der Waals surface area (Å²) in [4.78, 5) is 18.6. The Labute approximate surface area is 118 Å². The van der Waals surface area contributed by atoms with E-state index in [1.54, 1.807) is 18.1 Å². The molecule has 2 aromatic rings. The molecule has 0 fully saturated rings. The van der Waals surface area contributed by atoms with E-state index >= 15 is 0 Å². The van der Waals surface area contributed by atoms with Crippen LogP contribution in [0.25, 0.3) is 0 Å². The van der Waals surface area contributed by atoms with Crippen LogP contribution in [-0.2, 0) is 11.3 Å². The average molecular weight is 267 g/mol. The van der Waals surface area contributed by atoms with E-state index in [2.05, 4.69) is 16.4 Å². The number of pyridine rings is 1. The normalized spacial score (nSPS) is 17.4. The van der Waals surface area contributed by atoms with Crippen molar-refractivity contribution in [2.24, 2.45) is 0 Å². The highest BCUT2D eigenvalue weighted by molar-refractivity contribution is 5.97. The van der Waals surface area contributed by atoms with Crippen molar-refractivity contribution in [3.05, 3.63) is 59.8 Å². The van der Waals surface area contributed by atoms with Gasteiger partial charge in [0.15, 0.2) is 0 Å². The summed E-state index contributed by atoms with van der Waals surface area (Å²) in [6.07, 6.45) is 1.70. The zero-order chi connectivity index (χ0) is 13.9. The van der Waals surface area contributed by atoms with Gasteiger partial charge in [0.2, 0.25) is 5.91 Å². The van der Waals surface area contributed by atoms with Crippen molar-refractivity contribution in [2.45, 2.75) is 12.5 Å². The molecule has 1 aromatic heterocycles. The Morgan fingerprint density at radius 3 is 2.85 bits per heavy atom. The zero-order valence-electron chi connectivity index (χ0n) is 11.4. The number of rotatable bonds is 2. The first-order chi connectivity index (χ1) is 9.77. The van der Waals surface area contributed by atoms with Gasteiger partial charge in [0.25, 0.3) is 0 Å². The molecule has 1 aliphatic heterocycles. The SMILES string of the molecule is CN(C(=O)C1CNCc2ccccc21)c1ccccn1. The van der Waals surface area contributed by atoms with Gasteiger partial charge in [0.05, 0.1) is 5.92 Å². The molecule has 1 aliphatic rings. The van der Waals surface area contributed by atoms with Crippen LogP contribution >= 0.6 is 0 Å². The van der Waals surface area contributed by atoms with Gasteiger partial charge in [0.1, 0.15) is 5.82 Å². The molecule has 3 rings (SSSR count). The van der Waals surface area contributed by atoms with Crippen LogP contribution in [0.15, 0.2) is 48.7 Å². The number of anilines is 1. The Morgan fingerprint density at radius 1 is 1.25 bits per heavy atom. The second kappa shape index (κ2) is 5.43. The van der Waals surface area contributed by atoms with E-state index in [-0.39, 0.29) is 11.8 Å². The van der Waals surface area contributed by atoms with Gasteiger partial charge in [-0.15, -0.1) is 0 Å². The first-order valence-electron chi connectivity index (χ1n) is 6.74. The van der Waals surface area contributed by atoms with Gasteiger partial charge in [-0.25, -0.2) is 4.98 Å². The van der Waals surface area contributed by atoms with Crippen LogP contribution in [0.1, 0.15) is 17.0 Å². The molecule has 0 radical (unpaired) electrons. The minimum absolute atomic E-state index is 0.0725. The van der Waals surface area contributed by atoms with Crippen LogP contribution in [0, 0.1) is 0 Å². The molecule has 0 saturated heterocycles. The average Bonchev–Trinajstić information content (AvgIpc) is 2.54. The Bertz CT molecular complexity index is 612. The molecule has 1 N–H and O–H groups in total. The number of likely N-dealkylation sites (N-methyl/N-ethyl adjacent to an activating group) is 1. The molecule has 102 valence electrons. The lowest BCUT2D eigenvalue weighted by molar-refractivity contribution is -0.119. The third-order valence-corrected chi connectivity index (χ3v) is 3.72. The molecule has 0 saturated carbocycles. The molecule has 1 atom stereocenters. The number of carbonyl (C=O) groups is 1. The van der Waals surface area contributed by atoms with Gasteiger partial charge >= 0.3 is 0 Å². The third-order valence-electron chi connectivity index (χ3n) is 3.72. The summed E-state index contributed by atoms with van der Waals surface area (Å²) in [7, 11) is 1.78. The smallest absolute Gasteiger partial charge is 0.236 e. The highest BCUT2D eigenvalue weighted by Gasteiger charge is 2.29. The van der Waals surface area contributed by atoms with E-state index in [0.717, 1.165) is 12.1 Å². The van der Waals surface area contributed by atoms with Crippen molar-refractivity contribution in [3.63, 3.8) is 0 Å². The van der Waals surface area contributed by atoms with E-state index in [1.165, 1.54) is 5.56 Å². The molecular weight excluding hydrogens is 250 g/mol. The largest absolute Gasteiger partial charge is 0.312 e. The van der Waals surface area contributed by atoms with Crippen molar-refractivity contribution in [2.75, 3.05) is 18.5 Å². The molecule has 1 amide bonds. The number of hydrogen-bond donors (Lipinski definition) is 1. The van der Waals surface area contributed by atoms with Crippen LogP contribution < -0.4 is 10.2 Å². The second-order valence-electron chi connectivity index (χ2n) is 4.97. The Morgan fingerprint density at radius 2 is 2.05 bits per heavy atom. The van der Waals surface area contributed by atoms with Crippen LogP contribution in [-0.4, -0.2) is 24.5 Å². The predicted octanol–water partition coefficient (Wildman–Crippen LogP) is 1.93. The summed E-state index contributed by atoms with van der Waals surface area (Å²) >= 11 is 0. The van der Waals surface area contributed by atoms with Gasteiger partial charge < -0.3 is 5.32 Å². The van der Waals surface area contributed by atoms with Gasteiger partial charge in [0, 0.05) is 26.3 Å². The predicted molar refractivity (Wildman–Crippen MR) is 78.5 cm³/mol. The molecule has 1 aromatic carbocycles. The lowest BCUT2D eigenvalue weighted by Gasteiger charge is -2.28. The summed E-state index contributed by atoms with van der Waals surface area (Å²) in [6.45, 7) is 1.50. The maximum Gasteiger partial charge on any atom is 0.236 e. The number of nitrogens with zero attached hydrogens (tertiary/aromatic N) is 2. The Hall–Kier alpha value is -2.20. The number of benzene rings is 1. The number of carbonyl (C=O) groups excluding carboxylic acids is 1. The van der Waals surface area contributed by atoms with Crippen molar-refractivity contribution < 1.29 is 4.79 Å². The van der Waals surface area contributed by atoms with Gasteiger partial charge in [-0.1, -0.05) is 30.3 Å². The summed E-state index contributed by atoms with van der Waals surface area (Å²) < 4.78 is 0.